The topological polar surface area (TPSA) is 0 Å². The van der Waals surface area contributed by atoms with Crippen LogP contribution in [0.25, 0.3) is 16.3 Å². The highest BCUT2D eigenvalue weighted by Gasteiger charge is 2.01. The summed E-state index contributed by atoms with van der Waals surface area (Å²) in [6.45, 7) is 3.30. The number of rotatable bonds is 1. The van der Waals surface area contributed by atoms with Crippen LogP contribution >= 0.6 is 0 Å². The summed E-state index contributed by atoms with van der Waals surface area (Å²) in [6.07, 6.45) is 0. The molecule has 2 aromatic carbocycles. The van der Waals surface area contributed by atoms with Crippen molar-refractivity contribution in [3.8, 4) is 0 Å². The second-order valence-electron chi connectivity index (χ2n) is 3.72. The fourth-order valence-electron chi connectivity index (χ4n) is 1.62. The van der Waals surface area contributed by atoms with Gasteiger partial charge in [0.05, 0.1) is 0 Å². The summed E-state index contributed by atoms with van der Waals surface area (Å²) >= 11 is 0. The third kappa shape index (κ3) is 1.91. The maximum absolute atomic E-state index is 13.1. The monoisotopic (exact) mass is 200 g/mol. The molecule has 0 radical (unpaired) electrons. The molecule has 0 saturated carbocycles. The van der Waals surface area contributed by atoms with Crippen molar-refractivity contribution in [1.82, 2.24) is 0 Å². The van der Waals surface area contributed by atoms with Gasteiger partial charge in [-0.1, -0.05) is 36.4 Å². The normalized spacial score (nSPS) is 12.7. The van der Waals surface area contributed by atoms with E-state index < -0.39 is 0 Å². The lowest BCUT2D eigenvalue weighted by Crippen LogP contribution is -1.82. The third-order valence-corrected chi connectivity index (χ3v) is 2.70. The molecule has 0 saturated heterocycles. The van der Waals surface area contributed by atoms with Crippen LogP contribution in [0.5, 0.6) is 0 Å². The van der Waals surface area contributed by atoms with Crippen molar-refractivity contribution < 1.29 is 4.39 Å². The molecule has 0 atom stereocenters. The SMILES string of the molecule is CC(F)=C(C)c1ccc2ccccc2c1. The van der Waals surface area contributed by atoms with Gasteiger partial charge in [0.25, 0.3) is 0 Å². The van der Waals surface area contributed by atoms with E-state index in [0.717, 1.165) is 10.9 Å². The molecule has 0 aliphatic rings. The molecular formula is C14H13F. The van der Waals surface area contributed by atoms with Gasteiger partial charge in [-0.25, -0.2) is 4.39 Å². The summed E-state index contributed by atoms with van der Waals surface area (Å²) in [6, 6.07) is 14.1. The number of allylic oxidation sites excluding steroid dienone is 2. The first kappa shape index (κ1) is 9.91. The zero-order chi connectivity index (χ0) is 10.8. The Morgan fingerprint density at radius 1 is 0.933 bits per heavy atom. The first-order chi connectivity index (χ1) is 7.18. The largest absolute Gasteiger partial charge is 0.212 e. The summed E-state index contributed by atoms with van der Waals surface area (Å²) in [5, 5.41) is 2.33. The van der Waals surface area contributed by atoms with Crippen LogP contribution in [-0.2, 0) is 0 Å². The molecule has 0 unspecified atom stereocenters. The molecule has 0 aliphatic carbocycles. The molecule has 0 amide bonds. The lowest BCUT2D eigenvalue weighted by Gasteiger charge is -2.04. The average Bonchev–Trinajstić information content (AvgIpc) is 2.27. The Bertz CT molecular complexity index is 520. The van der Waals surface area contributed by atoms with Gasteiger partial charge >= 0.3 is 0 Å². The van der Waals surface area contributed by atoms with E-state index in [-0.39, 0.29) is 5.83 Å². The van der Waals surface area contributed by atoms with Gasteiger partial charge in [-0.15, -0.1) is 0 Å². The van der Waals surface area contributed by atoms with E-state index in [1.54, 1.807) is 6.92 Å². The van der Waals surface area contributed by atoms with Crippen molar-refractivity contribution in [3.05, 3.63) is 53.9 Å². The van der Waals surface area contributed by atoms with Crippen molar-refractivity contribution in [2.24, 2.45) is 0 Å². The minimum absolute atomic E-state index is 0.120. The van der Waals surface area contributed by atoms with Crippen LogP contribution in [0, 0.1) is 0 Å². The van der Waals surface area contributed by atoms with E-state index in [2.05, 4.69) is 6.07 Å². The van der Waals surface area contributed by atoms with Gasteiger partial charge in [0, 0.05) is 0 Å². The van der Waals surface area contributed by atoms with Crippen LogP contribution in [0.1, 0.15) is 19.4 Å². The molecule has 0 fully saturated rings. The molecule has 0 aromatic heterocycles. The highest BCUT2D eigenvalue weighted by atomic mass is 19.1. The second-order valence-corrected chi connectivity index (χ2v) is 3.72. The van der Waals surface area contributed by atoms with Gasteiger partial charge in [0.15, 0.2) is 0 Å². The molecule has 0 N–H and O–H groups in total. The second kappa shape index (κ2) is 3.85. The molecule has 1 heteroatoms. The van der Waals surface area contributed by atoms with Crippen molar-refractivity contribution >= 4 is 16.3 Å². The minimum atomic E-state index is -0.120. The highest BCUT2D eigenvalue weighted by Crippen LogP contribution is 2.23. The summed E-state index contributed by atoms with van der Waals surface area (Å²) in [5.74, 6) is -0.120. The van der Waals surface area contributed by atoms with E-state index in [4.69, 9.17) is 0 Å². The molecule has 0 nitrogen and oxygen atoms in total. The maximum atomic E-state index is 13.1. The number of fused-ring (bicyclic) bond motifs is 1. The first-order valence-corrected chi connectivity index (χ1v) is 5.00. The Morgan fingerprint density at radius 3 is 2.27 bits per heavy atom. The van der Waals surface area contributed by atoms with Gasteiger partial charge in [-0.05, 0) is 41.8 Å². The minimum Gasteiger partial charge on any atom is -0.212 e. The number of benzene rings is 2. The van der Waals surface area contributed by atoms with Crippen LogP contribution < -0.4 is 0 Å². The predicted molar refractivity (Wildman–Crippen MR) is 63.3 cm³/mol. The molecule has 0 heterocycles. The van der Waals surface area contributed by atoms with Crippen LogP contribution in [0.3, 0.4) is 0 Å². The van der Waals surface area contributed by atoms with Crippen LogP contribution in [-0.4, -0.2) is 0 Å². The first-order valence-electron chi connectivity index (χ1n) is 5.00. The maximum Gasteiger partial charge on any atom is 0.100 e. The van der Waals surface area contributed by atoms with Gasteiger partial charge in [-0.2, -0.15) is 0 Å². The number of hydrogen-bond acceptors (Lipinski definition) is 0. The smallest absolute Gasteiger partial charge is 0.100 e. The Kier molecular flexibility index (Phi) is 2.55. The van der Waals surface area contributed by atoms with Gasteiger partial charge < -0.3 is 0 Å². The lowest BCUT2D eigenvalue weighted by molar-refractivity contribution is 0.643. The van der Waals surface area contributed by atoms with Crippen LogP contribution in [0.4, 0.5) is 4.39 Å². The Morgan fingerprint density at radius 2 is 1.60 bits per heavy atom. The van der Waals surface area contributed by atoms with E-state index in [1.165, 1.54) is 12.3 Å². The number of halogens is 1. The van der Waals surface area contributed by atoms with Crippen molar-refractivity contribution in [2.75, 3.05) is 0 Å². The van der Waals surface area contributed by atoms with Crippen LogP contribution in [0.2, 0.25) is 0 Å². The standard InChI is InChI=1S/C14H13F/c1-10(11(2)15)13-8-7-12-5-3-4-6-14(12)9-13/h3-9H,1-2H3. The molecular weight excluding hydrogens is 187 g/mol. The molecule has 15 heavy (non-hydrogen) atoms. The van der Waals surface area contributed by atoms with Crippen molar-refractivity contribution in [1.29, 1.82) is 0 Å². The molecule has 0 bridgehead atoms. The van der Waals surface area contributed by atoms with Crippen LogP contribution in [0.15, 0.2) is 48.3 Å². The molecule has 76 valence electrons. The van der Waals surface area contributed by atoms with Gasteiger partial charge in [0.2, 0.25) is 0 Å². The van der Waals surface area contributed by atoms with Gasteiger partial charge in [-0.3, -0.25) is 0 Å². The molecule has 2 rings (SSSR count). The summed E-state index contributed by atoms with van der Waals surface area (Å²) in [5.41, 5.74) is 1.66. The lowest BCUT2D eigenvalue weighted by atomic mass is 10.0. The van der Waals surface area contributed by atoms with Gasteiger partial charge in [0.1, 0.15) is 5.83 Å². The Balaban J connectivity index is 2.62. The molecule has 2 aromatic rings. The van der Waals surface area contributed by atoms with E-state index >= 15 is 0 Å². The Labute approximate surface area is 89.0 Å². The predicted octanol–water partition coefficient (Wildman–Crippen LogP) is 4.56. The fourth-order valence-corrected chi connectivity index (χ4v) is 1.62. The quantitative estimate of drug-likeness (QED) is 0.633. The van der Waals surface area contributed by atoms with E-state index in [9.17, 15) is 4.39 Å². The van der Waals surface area contributed by atoms with Crippen molar-refractivity contribution in [2.45, 2.75) is 13.8 Å². The molecule has 0 spiro atoms. The fraction of sp³-hybridized carbons (Fsp3) is 0.143. The summed E-state index contributed by atoms with van der Waals surface area (Å²) < 4.78 is 13.1. The number of hydrogen-bond donors (Lipinski definition) is 0. The van der Waals surface area contributed by atoms with E-state index in [1.807, 2.05) is 36.4 Å². The Hall–Kier alpha value is -1.63. The molecule has 0 aliphatic heterocycles. The average molecular weight is 200 g/mol. The zero-order valence-electron chi connectivity index (χ0n) is 8.92. The van der Waals surface area contributed by atoms with Crippen molar-refractivity contribution in [3.63, 3.8) is 0 Å². The third-order valence-electron chi connectivity index (χ3n) is 2.70. The summed E-state index contributed by atoms with van der Waals surface area (Å²) in [7, 11) is 0. The highest BCUT2D eigenvalue weighted by molar-refractivity contribution is 5.86. The zero-order valence-corrected chi connectivity index (χ0v) is 8.92. The summed E-state index contributed by atoms with van der Waals surface area (Å²) in [4.78, 5) is 0. The van der Waals surface area contributed by atoms with E-state index in [0.29, 0.717) is 5.57 Å².